The molecule has 0 radical (unpaired) electrons. The highest BCUT2D eigenvalue weighted by Gasteiger charge is 2.17. The molecular formula is C15H22N2. The third kappa shape index (κ3) is 3.42. The molecule has 1 saturated heterocycles. The van der Waals surface area contributed by atoms with Crippen molar-refractivity contribution in [1.82, 2.24) is 10.2 Å². The molecule has 1 atom stereocenters. The van der Waals surface area contributed by atoms with Gasteiger partial charge in [-0.25, -0.2) is 0 Å². The molecule has 1 unspecified atom stereocenters. The summed E-state index contributed by atoms with van der Waals surface area (Å²) in [7, 11) is 2.23. The number of hydrogen-bond donors (Lipinski definition) is 1. The molecule has 1 heterocycles. The molecule has 1 N–H and O–H groups in total. The molecule has 0 saturated carbocycles. The second-order valence-corrected chi connectivity index (χ2v) is 4.82. The summed E-state index contributed by atoms with van der Waals surface area (Å²) < 4.78 is 0. The fraction of sp³-hybridized carbons (Fsp3) is 0.467. The van der Waals surface area contributed by atoms with Gasteiger partial charge in [0.05, 0.1) is 0 Å². The van der Waals surface area contributed by atoms with Crippen LogP contribution in [0.4, 0.5) is 0 Å². The first kappa shape index (κ1) is 12.3. The summed E-state index contributed by atoms with van der Waals surface area (Å²) in [6.07, 6.45) is 4.29. The van der Waals surface area contributed by atoms with Gasteiger partial charge in [-0.2, -0.15) is 0 Å². The molecule has 2 heteroatoms. The van der Waals surface area contributed by atoms with Crippen LogP contribution in [0.2, 0.25) is 0 Å². The maximum atomic E-state index is 3.78. The average Bonchev–Trinajstić information content (AvgIpc) is 2.38. The lowest BCUT2D eigenvalue weighted by Crippen LogP contribution is -2.49. The van der Waals surface area contributed by atoms with Crippen LogP contribution in [0.15, 0.2) is 30.8 Å². The van der Waals surface area contributed by atoms with Crippen molar-refractivity contribution < 1.29 is 0 Å². The van der Waals surface area contributed by atoms with E-state index in [0.717, 1.165) is 19.5 Å². The molecular weight excluding hydrogens is 208 g/mol. The lowest BCUT2D eigenvalue weighted by atomic mass is 10.0. The van der Waals surface area contributed by atoms with E-state index >= 15 is 0 Å². The Hall–Kier alpha value is -1.12. The van der Waals surface area contributed by atoms with Gasteiger partial charge in [-0.3, -0.25) is 0 Å². The molecule has 1 aliphatic rings. The van der Waals surface area contributed by atoms with Crippen molar-refractivity contribution in [1.29, 1.82) is 0 Å². The highest BCUT2D eigenvalue weighted by atomic mass is 15.2. The van der Waals surface area contributed by atoms with E-state index in [1.54, 1.807) is 0 Å². The van der Waals surface area contributed by atoms with Crippen molar-refractivity contribution in [3.63, 3.8) is 0 Å². The zero-order chi connectivity index (χ0) is 12.1. The average molecular weight is 230 g/mol. The summed E-state index contributed by atoms with van der Waals surface area (Å²) in [4.78, 5) is 2.47. The second-order valence-electron chi connectivity index (χ2n) is 4.82. The standard InChI is InChI=1S/C15H22N2/c1-3-13-4-6-14(7-5-13)8-9-15-12-16-10-11-17(15)2/h3-7,15-16H,1,8-12H2,2H3. The van der Waals surface area contributed by atoms with Gasteiger partial charge in [0, 0.05) is 25.7 Å². The van der Waals surface area contributed by atoms with Gasteiger partial charge in [0.15, 0.2) is 0 Å². The van der Waals surface area contributed by atoms with Crippen LogP contribution in [0.1, 0.15) is 17.5 Å². The van der Waals surface area contributed by atoms with E-state index in [2.05, 4.69) is 48.1 Å². The van der Waals surface area contributed by atoms with Crippen molar-refractivity contribution in [2.75, 3.05) is 26.7 Å². The van der Waals surface area contributed by atoms with Crippen LogP contribution in [0.25, 0.3) is 6.08 Å². The van der Waals surface area contributed by atoms with Crippen molar-refractivity contribution in [2.24, 2.45) is 0 Å². The van der Waals surface area contributed by atoms with E-state index in [4.69, 9.17) is 0 Å². The van der Waals surface area contributed by atoms with Crippen LogP contribution in [0.5, 0.6) is 0 Å². The number of nitrogens with zero attached hydrogens (tertiary/aromatic N) is 1. The molecule has 17 heavy (non-hydrogen) atoms. The van der Waals surface area contributed by atoms with Gasteiger partial charge in [0.25, 0.3) is 0 Å². The summed E-state index contributed by atoms with van der Waals surface area (Å²) in [5.41, 5.74) is 2.62. The van der Waals surface area contributed by atoms with E-state index in [0.29, 0.717) is 6.04 Å². The highest BCUT2D eigenvalue weighted by molar-refractivity contribution is 5.47. The monoisotopic (exact) mass is 230 g/mol. The molecule has 0 bridgehead atoms. The maximum Gasteiger partial charge on any atom is 0.0221 e. The molecule has 0 amide bonds. The summed E-state index contributed by atoms with van der Waals surface area (Å²) in [5.74, 6) is 0. The predicted octanol–water partition coefficient (Wildman–Crippen LogP) is 2.17. The number of nitrogens with one attached hydrogen (secondary N) is 1. The van der Waals surface area contributed by atoms with E-state index in [-0.39, 0.29) is 0 Å². The minimum atomic E-state index is 0.683. The maximum absolute atomic E-state index is 3.78. The van der Waals surface area contributed by atoms with E-state index in [1.807, 2.05) is 6.08 Å². The number of hydrogen-bond acceptors (Lipinski definition) is 2. The normalized spacial score (nSPS) is 21.4. The van der Waals surface area contributed by atoms with Crippen LogP contribution in [-0.4, -0.2) is 37.6 Å². The van der Waals surface area contributed by atoms with Gasteiger partial charge < -0.3 is 10.2 Å². The molecule has 2 rings (SSSR count). The lowest BCUT2D eigenvalue weighted by molar-refractivity contribution is 0.191. The molecule has 0 aromatic heterocycles. The fourth-order valence-corrected chi connectivity index (χ4v) is 2.34. The van der Waals surface area contributed by atoms with Gasteiger partial charge in [0.2, 0.25) is 0 Å². The molecule has 2 nitrogen and oxygen atoms in total. The molecule has 1 fully saturated rings. The Labute approximate surface area is 104 Å². The highest BCUT2D eigenvalue weighted by Crippen LogP contribution is 2.12. The van der Waals surface area contributed by atoms with Crippen molar-refractivity contribution >= 4 is 6.08 Å². The molecule has 0 spiro atoms. The number of aryl methyl sites for hydroxylation is 1. The summed E-state index contributed by atoms with van der Waals surface area (Å²) in [5, 5.41) is 3.46. The Kier molecular flexibility index (Phi) is 4.35. The minimum Gasteiger partial charge on any atom is -0.314 e. The van der Waals surface area contributed by atoms with Gasteiger partial charge in [-0.15, -0.1) is 0 Å². The fourth-order valence-electron chi connectivity index (χ4n) is 2.34. The van der Waals surface area contributed by atoms with Crippen molar-refractivity contribution in [3.05, 3.63) is 42.0 Å². The van der Waals surface area contributed by atoms with Crippen LogP contribution >= 0.6 is 0 Å². The number of rotatable bonds is 4. The lowest BCUT2D eigenvalue weighted by Gasteiger charge is -2.33. The topological polar surface area (TPSA) is 15.3 Å². The molecule has 92 valence electrons. The van der Waals surface area contributed by atoms with E-state index in [1.165, 1.54) is 24.1 Å². The zero-order valence-corrected chi connectivity index (χ0v) is 10.7. The van der Waals surface area contributed by atoms with Gasteiger partial charge in [-0.1, -0.05) is 36.9 Å². The third-order valence-electron chi connectivity index (χ3n) is 3.63. The summed E-state index contributed by atoms with van der Waals surface area (Å²) >= 11 is 0. The first-order valence-corrected chi connectivity index (χ1v) is 6.42. The number of benzene rings is 1. The predicted molar refractivity (Wildman–Crippen MR) is 74.1 cm³/mol. The van der Waals surface area contributed by atoms with Crippen LogP contribution in [0, 0.1) is 0 Å². The van der Waals surface area contributed by atoms with Crippen LogP contribution in [-0.2, 0) is 6.42 Å². The van der Waals surface area contributed by atoms with Crippen molar-refractivity contribution in [2.45, 2.75) is 18.9 Å². The molecule has 1 aromatic carbocycles. The number of likely N-dealkylation sites (N-methyl/N-ethyl adjacent to an activating group) is 1. The Morgan fingerprint density at radius 1 is 1.41 bits per heavy atom. The Morgan fingerprint density at radius 3 is 2.82 bits per heavy atom. The molecule has 1 aliphatic heterocycles. The summed E-state index contributed by atoms with van der Waals surface area (Å²) in [6.45, 7) is 7.19. The number of piperazine rings is 1. The smallest absolute Gasteiger partial charge is 0.0221 e. The third-order valence-corrected chi connectivity index (χ3v) is 3.63. The quantitative estimate of drug-likeness (QED) is 0.853. The van der Waals surface area contributed by atoms with Gasteiger partial charge in [-0.05, 0) is 31.0 Å². The van der Waals surface area contributed by atoms with E-state index in [9.17, 15) is 0 Å². The Morgan fingerprint density at radius 2 is 2.18 bits per heavy atom. The Bertz CT molecular complexity index is 356. The Balaban J connectivity index is 1.85. The van der Waals surface area contributed by atoms with Crippen LogP contribution in [0.3, 0.4) is 0 Å². The van der Waals surface area contributed by atoms with Crippen molar-refractivity contribution in [3.8, 4) is 0 Å². The molecule has 0 aliphatic carbocycles. The molecule has 1 aromatic rings. The zero-order valence-electron chi connectivity index (χ0n) is 10.7. The van der Waals surface area contributed by atoms with Gasteiger partial charge >= 0.3 is 0 Å². The van der Waals surface area contributed by atoms with E-state index < -0.39 is 0 Å². The second kappa shape index (κ2) is 5.99. The van der Waals surface area contributed by atoms with Crippen LogP contribution < -0.4 is 5.32 Å². The first-order chi connectivity index (χ1) is 8.29. The first-order valence-electron chi connectivity index (χ1n) is 6.42. The SMILES string of the molecule is C=Cc1ccc(CCC2CNCCN2C)cc1. The largest absolute Gasteiger partial charge is 0.314 e. The summed E-state index contributed by atoms with van der Waals surface area (Å²) in [6, 6.07) is 9.40. The van der Waals surface area contributed by atoms with Gasteiger partial charge in [0.1, 0.15) is 0 Å². The minimum absolute atomic E-state index is 0.683.